The predicted molar refractivity (Wildman–Crippen MR) is 105 cm³/mol. The maximum Gasteiger partial charge on any atom is 0.335 e. The molecule has 1 saturated heterocycles. The summed E-state index contributed by atoms with van der Waals surface area (Å²) in [6.45, 7) is 0. The number of aliphatic hydroxyl groups excluding tert-OH is 3. The molecule has 1 aliphatic rings. The van der Waals surface area contributed by atoms with Crippen LogP contribution in [0.1, 0.15) is 0 Å². The van der Waals surface area contributed by atoms with E-state index in [2.05, 4.69) is 0 Å². The molecule has 5 N–H and O–H groups in total. The quantitative estimate of drug-likeness (QED) is 0.392. The van der Waals surface area contributed by atoms with Crippen molar-refractivity contribution < 1.29 is 44.2 Å². The fraction of sp³-hybridized carbons (Fsp3) is 0.238. The Kier molecular flexibility index (Phi) is 5.38. The summed E-state index contributed by atoms with van der Waals surface area (Å²) in [6.07, 6.45) is -9.04. The van der Waals surface area contributed by atoms with Crippen molar-refractivity contribution in [1.29, 1.82) is 0 Å². The van der Waals surface area contributed by atoms with Crippen LogP contribution in [-0.4, -0.2) is 62.2 Å². The number of aromatic hydroxyl groups is 1. The highest BCUT2D eigenvalue weighted by Gasteiger charge is 2.48. The summed E-state index contributed by atoms with van der Waals surface area (Å²) in [5, 5.41) is 49.1. The van der Waals surface area contributed by atoms with E-state index in [1.807, 2.05) is 0 Å². The van der Waals surface area contributed by atoms with Crippen LogP contribution in [0.4, 0.5) is 0 Å². The summed E-state index contributed by atoms with van der Waals surface area (Å²) in [7, 11) is 0. The first-order valence-electron chi connectivity index (χ1n) is 9.21. The van der Waals surface area contributed by atoms with Crippen molar-refractivity contribution >= 4 is 16.9 Å². The van der Waals surface area contributed by atoms with Crippen LogP contribution in [0.2, 0.25) is 0 Å². The molecule has 0 radical (unpaired) electrons. The summed E-state index contributed by atoms with van der Waals surface area (Å²) in [6, 6.07) is 12.3. The van der Waals surface area contributed by atoms with Crippen LogP contribution in [0.5, 0.6) is 11.5 Å². The number of benzene rings is 2. The van der Waals surface area contributed by atoms with Gasteiger partial charge in [-0.3, -0.25) is 4.79 Å². The molecule has 0 bridgehead atoms. The van der Waals surface area contributed by atoms with E-state index in [-0.39, 0.29) is 22.5 Å². The van der Waals surface area contributed by atoms with Crippen LogP contribution in [0.3, 0.4) is 0 Å². The van der Waals surface area contributed by atoms with E-state index in [0.29, 0.717) is 5.56 Å². The molecule has 10 nitrogen and oxygen atoms in total. The minimum Gasteiger partial charge on any atom is -0.507 e. The Morgan fingerprint density at radius 2 is 1.68 bits per heavy atom. The van der Waals surface area contributed by atoms with Gasteiger partial charge in [-0.05, 0) is 0 Å². The van der Waals surface area contributed by atoms with Crippen LogP contribution in [0.15, 0.2) is 57.7 Å². The molecular weight excluding hydrogens is 412 g/mol. The second-order valence-electron chi connectivity index (χ2n) is 7.01. The zero-order chi connectivity index (χ0) is 22.3. The lowest BCUT2D eigenvalue weighted by Gasteiger charge is -2.38. The Hall–Kier alpha value is -3.44. The Bertz CT molecular complexity index is 1170. The van der Waals surface area contributed by atoms with Crippen molar-refractivity contribution in [2.45, 2.75) is 30.7 Å². The highest BCUT2D eigenvalue weighted by atomic mass is 16.7. The third kappa shape index (κ3) is 3.84. The molecule has 162 valence electrons. The Labute approximate surface area is 174 Å². The first-order chi connectivity index (χ1) is 14.8. The number of carboxylic acids is 1. The number of phenols is 1. The molecule has 5 atom stereocenters. The van der Waals surface area contributed by atoms with Gasteiger partial charge in [-0.15, -0.1) is 0 Å². The maximum atomic E-state index is 12.5. The minimum absolute atomic E-state index is 0.0259. The fourth-order valence-corrected chi connectivity index (χ4v) is 3.34. The van der Waals surface area contributed by atoms with E-state index in [0.717, 1.165) is 6.07 Å². The number of phenolic OH excluding ortho intramolecular Hbond substituents is 1. The molecule has 31 heavy (non-hydrogen) atoms. The van der Waals surface area contributed by atoms with Gasteiger partial charge in [0, 0.05) is 23.8 Å². The van der Waals surface area contributed by atoms with Crippen LogP contribution >= 0.6 is 0 Å². The lowest BCUT2D eigenvalue weighted by molar-refractivity contribution is -0.271. The van der Waals surface area contributed by atoms with Gasteiger partial charge in [-0.2, -0.15) is 0 Å². The predicted octanol–water partition coefficient (Wildman–Crippen LogP) is 0.437. The van der Waals surface area contributed by atoms with E-state index in [4.69, 9.17) is 19.0 Å². The largest absolute Gasteiger partial charge is 0.507 e. The van der Waals surface area contributed by atoms with Gasteiger partial charge in [0.15, 0.2) is 11.5 Å². The molecule has 1 unspecified atom stereocenters. The number of carbonyl (C=O) groups is 1. The SMILES string of the molecule is O=C(O)[C@H]1OC(Oc2cc(O)c3c(=O)cc(-c4ccccc4)oc3c2)[C@H](O)[C@@H](O)[C@@H]1O. The van der Waals surface area contributed by atoms with Gasteiger partial charge in [-0.25, -0.2) is 4.79 Å². The molecule has 1 fully saturated rings. The van der Waals surface area contributed by atoms with E-state index < -0.39 is 47.9 Å². The van der Waals surface area contributed by atoms with Crippen LogP contribution in [-0.2, 0) is 9.53 Å². The van der Waals surface area contributed by atoms with Crippen molar-refractivity contribution in [3.63, 3.8) is 0 Å². The standard InChI is InChI=1S/C21H18O10/c22-11-6-10(29-21-18(26)16(24)17(25)19(31-21)20(27)28)7-14-15(11)12(23)8-13(30-14)9-4-2-1-3-5-9/h1-8,16-19,21-22,24-26H,(H,27,28)/t16-,17-,18+,19-,21?/m0/s1. The molecule has 4 rings (SSSR count). The van der Waals surface area contributed by atoms with E-state index in [1.54, 1.807) is 30.3 Å². The molecule has 2 aromatic carbocycles. The fourth-order valence-electron chi connectivity index (χ4n) is 3.34. The van der Waals surface area contributed by atoms with Crippen LogP contribution in [0, 0.1) is 0 Å². The maximum absolute atomic E-state index is 12.5. The molecule has 3 aromatic rings. The van der Waals surface area contributed by atoms with Gasteiger partial charge >= 0.3 is 5.97 Å². The molecule has 0 saturated carbocycles. The third-order valence-corrected chi connectivity index (χ3v) is 4.91. The first kappa shape index (κ1) is 20.8. The molecule has 1 aromatic heterocycles. The molecule has 1 aliphatic heterocycles. The molecule has 10 heteroatoms. The van der Waals surface area contributed by atoms with Crippen LogP contribution in [0.25, 0.3) is 22.3 Å². The summed E-state index contributed by atoms with van der Waals surface area (Å²) in [4.78, 5) is 23.7. The second kappa shape index (κ2) is 8.00. The number of rotatable bonds is 4. The zero-order valence-corrected chi connectivity index (χ0v) is 15.8. The van der Waals surface area contributed by atoms with E-state index in [1.165, 1.54) is 12.1 Å². The monoisotopic (exact) mass is 430 g/mol. The van der Waals surface area contributed by atoms with Gasteiger partial charge in [-0.1, -0.05) is 30.3 Å². The van der Waals surface area contributed by atoms with Gasteiger partial charge in [0.1, 0.15) is 46.5 Å². The lowest BCUT2D eigenvalue weighted by Crippen LogP contribution is -2.61. The Balaban J connectivity index is 1.71. The number of carboxylic acid groups (broad SMARTS) is 1. The van der Waals surface area contributed by atoms with Crippen molar-refractivity contribution in [1.82, 2.24) is 0 Å². The normalized spacial score (nSPS) is 26.0. The number of fused-ring (bicyclic) bond motifs is 1. The zero-order valence-electron chi connectivity index (χ0n) is 15.8. The number of hydrogen-bond donors (Lipinski definition) is 5. The summed E-state index contributed by atoms with van der Waals surface area (Å²) in [5.74, 6) is -1.92. The lowest BCUT2D eigenvalue weighted by atomic mass is 9.99. The molecule has 0 spiro atoms. The highest BCUT2D eigenvalue weighted by molar-refractivity contribution is 5.86. The van der Waals surface area contributed by atoms with Gasteiger partial charge < -0.3 is 39.4 Å². The number of aliphatic hydroxyl groups is 3. The highest BCUT2D eigenvalue weighted by Crippen LogP contribution is 2.33. The minimum atomic E-state index is -1.87. The van der Waals surface area contributed by atoms with Crippen LogP contribution < -0.4 is 10.2 Å². The molecule has 0 amide bonds. The first-order valence-corrected chi connectivity index (χ1v) is 9.21. The molecular formula is C21H18O10. The average molecular weight is 430 g/mol. The molecule has 0 aliphatic carbocycles. The van der Waals surface area contributed by atoms with Gasteiger partial charge in [0.05, 0.1) is 0 Å². The van der Waals surface area contributed by atoms with Gasteiger partial charge in [0.2, 0.25) is 6.29 Å². The molecule has 2 heterocycles. The van der Waals surface area contributed by atoms with Crippen molar-refractivity contribution in [3.8, 4) is 22.8 Å². The smallest absolute Gasteiger partial charge is 0.335 e. The van der Waals surface area contributed by atoms with Gasteiger partial charge in [0.25, 0.3) is 0 Å². The van der Waals surface area contributed by atoms with E-state index in [9.17, 15) is 30.0 Å². The van der Waals surface area contributed by atoms with Crippen molar-refractivity contribution in [3.05, 3.63) is 58.8 Å². The summed E-state index contributed by atoms with van der Waals surface area (Å²) < 4.78 is 16.2. The number of ether oxygens (including phenoxy) is 2. The number of hydrogen-bond acceptors (Lipinski definition) is 9. The van der Waals surface area contributed by atoms with Crippen molar-refractivity contribution in [2.75, 3.05) is 0 Å². The van der Waals surface area contributed by atoms with E-state index >= 15 is 0 Å². The second-order valence-corrected chi connectivity index (χ2v) is 7.01. The Morgan fingerprint density at radius 3 is 2.35 bits per heavy atom. The topological polar surface area (TPSA) is 167 Å². The Morgan fingerprint density at radius 1 is 0.968 bits per heavy atom. The average Bonchev–Trinajstić information content (AvgIpc) is 2.74. The number of aliphatic carboxylic acids is 1. The summed E-state index contributed by atoms with van der Waals surface area (Å²) in [5.41, 5.74) is 0.101. The third-order valence-electron chi connectivity index (χ3n) is 4.91. The van der Waals surface area contributed by atoms with Crippen molar-refractivity contribution in [2.24, 2.45) is 0 Å². The summed E-state index contributed by atoms with van der Waals surface area (Å²) >= 11 is 0.